The van der Waals surface area contributed by atoms with Crippen molar-refractivity contribution >= 4 is 0 Å². The zero-order valence-electron chi connectivity index (χ0n) is 17.2. The molecule has 2 aliphatic rings. The molecule has 152 valence electrons. The minimum Gasteiger partial charge on any atom is -0.489 e. The van der Waals surface area contributed by atoms with E-state index in [4.69, 9.17) is 4.74 Å². The van der Waals surface area contributed by atoms with Crippen LogP contribution in [0, 0.1) is 17.8 Å². The van der Waals surface area contributed by atoms with Crippen molar-refractivity contribution in [3.8, 4) is 17.6 Å². The third-order valence-corrected chi connectivity index (χ3v) is 6.92. The second kappa shape index (κ2) is 7.82. The maximum atomic E-state index is 10.9. The lowest BCUT2D eigenvalue weighted by Crippen LogP contribution is -2.57. The van der Waals surface area contributed by atoms with Crippen LogP contribution in [0.4, 0.5) is 0 Å². The van der Waals surface area contributed by atoms with E-state index in [1.165, 1.54) is 11.1 Å². The molecule has 29 heavy (non-hydrogen) atoms. The van der Waals surface area contributed by atoms with Crippen LogP contribution >= 0.6 is 0 Å². The van der Waals surface area contributed by atoms with Gasteiger partial charge < -0.3 is 14.9 Å². The standard InChI is InChI=1S/C25H29NO3/c1-3-11-25(28)14-20-8-7-19-13-21(29-17-18-6-5-12-26-16-18)9-10-22(19)24(20,4-2)15-23(25)27/h5-6,9-10,12-13,16,20,23,27-28H,4,7-8,14-15,17H2,1-2H3/t20-,23?,24?,25?/m1/s1. The van der Waals surface area contributed by atoms with E-state index in [0.717, 1.165) is 30.6 Å². The van der Waals surface area contributed by atoms with Crippen LogP contribution in [0.3, 0.4) is 0 Å². The van der Waals surface area contributed by atoms with Gasteiger partial charge in [-0.25, -0.2) is 0 Å². The summed E-state index contributed by atoms with van der Waals surface area (Å²) in [5, 5.41) is 21.7. The van der Waals surface area contributed by atoms with E-state index in [9.17, 15) is 10.2 Å². The van der Waals surface area contributed by atoms with Gasteiger partial charge in [0.25, 0.3) is 0 Å². The fourth-order valence-corrected chi connectivity index (χ4v) is 5.40. The summed E-state index contributed by atoms with van der Waals surface area (Å²) in [5.41, 5.74) is 2.24. The Morgan fingerprint density at radius 3 is 2.86 bits per heavy atom. The molecule has 1 fully saturated rings. The van der Waals surface area contributed by atoms with E-state index in [1.807, 2.05) is 24.4 Å². The summed E-state index contributed by atoms with van der Waals surface area (Å²) in [6.45, 7) is 4.41. The van der Waals surface area contributed by atoms with Gasteiger partial charge in [0.2, 0.25) is 0 Å². The molecule has 0 bridgehead atoms. The number of hydrogen-bond acceptors (Lipinski definition) is 4. The summed E-state index contributed by atoms with van der Waals surface area (Å²) in [4.78, 5) is 4.13. The van der Waals surface area contributed by atoms with Gasteiger partial charge in [-0.15, -0.1) is 5.92 Å². The first-order valence-corrected chi connectivity index (χ1v) is 10.5. The molecular weight excluding hydrogens is 362 g/mol. The van der Waals surface area contributed by atoms with Crippen molar-refractivity contribution in [2.75, 3.05) is 0 Å². The van der Waals surface area contributed by atoms with Crippen molar-refractivity contribution in [3.05, 3.63) is 59.4 Å². The van der Waals surface area contributed by atoms with Crippen LogP contribution in [-0.2, 0) is 18.4 Å². The largest absolute Gasteiger partial charge is 0.489 e. The van der Waals surface area contributed by atoms with Gasteiger partial charge in [0.05, 0.1) is 6.10 Å². The Kier molecular flexibility index (Phi) is 5.38. The molecular formula is C25H29NO3. The zero-order valence-corrected chi connectivity index (χ0v) is 17.2. The van der Waals surface area contributed by atoms with Crippen molar-refractivity contribution in [3.63, 3.8) is 0 Å². The number of pyridine rings is 1. The lowest BCUT2D eigenvalue weighted by molar-refractivity contribution is -0.106. The highest BCUT2D eigenvalue weighted by molar-refractivity contribution is 5.44. The molecule has 1 aromatic carbocycles. The Bertz CT molecular complexity index is 932. The van der Waals surface area contributed by atoms with Gasteiger partial charge in [0.15, 0.2) is 5.60 Å². The van der Waals surface area contributed by atoms with E-state index < -0.39 is 11.7 Å². The van der Waals surface area contributed by atoms with Crippen molar-refractivity contribution in [1.29, 1.82) is 0 Å². The van der Waals surface area contributed by atoms with Gasteiger partial charge in [-0.2, -0.15) is 0 Å². The van der Waals surface area contributed by atoms with Crippen LogP contribution in [0.2, 0.25) is 0 Å². The third kappa shape index (κ3) is 3.54. The number of ether oxygens (including phenoxy) is 1. The van der Waals surface area contributed by atoms with Crippen LogP contribution in [-0.4, -0.2) is 26.9 Å². The average molecular weight is 392 g/mol. The highest BCUT2D eigenvalue weighted by Crippen LogP contribution is 2.54. The van der Waals surface area contributed by atoms with Crippen LogP contribution in [0.15, 0.2) is 42.7 Å². The fourth-order valence-electron chi connectivity index (χ4n) is 5.40. The Labute approximate surface area is 173 Å². The van der Waals surface area contributed by atoms with Gasteiger partial charge in [0, 0.05) is 23.4 Å². The molecule has 0 radical (unpaired) electrons. The summed E-state index contributed by atoms with van der Waals surface area (Å²) in [7, 11) is 0. The highest BCUT2D eigenvalue weighted by atomic mass is 16.5. The lowest BCUT2D eigenvalue weighted by atomic mass is 9.52. The minimum atomic E-state index is -1.29. The molecule has 2 N–H and O–H groups in total. The molecule has 0 amide bonds. The number of hydrogen-bond donors (Lipinski definition) is 2. The number of aryl methyl sites for hydroxylation is 1. The Hall–Kier alpha value is -2.35. The van der Waals surface area contributed by atoms with Gasteiger partial charge in [-0.05, 0) is 74.3 Å². The third-order valence-electron chi connectivity index (χ3n) is 6.92. The van der Waals surface area contributed by atoms with E-state index >= 15 is 0 Å². The van der Waals surface area contributed by atoms with Gasteiger partial charge in [-0.1, -0.05) is 25.0 Å². The molecule has 0 spiro atoms. The first kappa shape index (κ1) is 19.9. The molecule has 2 aliphatic carbocycles. The maximum absolute atomic E-state index is 10.9. The zero-order chi connectivity index (χ0) is 20.5. The summed E-state index contributed by atoms with van der Waals surface area (Å²) in [6, 6.07) is 10.3. The smallest absolute Gasteiger partial charge is 0.151 e. The quantitative estimate of drug-likeness (QED) is 0.779. The number of nitrogens with zero attached hydrogens (tertiary/aromatic N) is 1. The monoisotopic (exact) mass is 391 g/mol. The molecule has 1 saturated carbocycles. The second-order valence-corrected chi connectivity index (χ2v) is 8.44. The predicted molar refractivity (Wildman–Crippen MR) is 112 cm³/mol. The average Bonchev–Trinajstić information content (AvgIpc) is 2.74. The number of aromatic nitrogens is 1. The van der Waals surface area contributed by atoms with E-state index in [2.05, 4.69) is 35.9 Å². The van der Waals surface area contributed by atoms with Crippen LogP contribution in [0.25, 0.3) is 0 Å². The Morgan fingerprint density at radius 2 is 2.14 bits per heavy atom. The molecule has 1 aromatic heterocycles. The maximum Gasteiger partial charge on any atom is 0.151 e. The van der Waals surface area contributed by atoms with Gasteiger partial charge in [0.1, 0.15) is 12.4 Å². The van der Waals surface area contributed by atoms with Crippen LogP contribution in [0.1, 0.15) is 56.2 Å². The Morgan fingerprint density at radius 1 is 1.28 bits per heavy atom. The first-order valence-electron chi connectivity index (χ1n) is 10.5. The molecule has 0 aliphatic heterocycles. The number of rotatable bonds is 4. The minimum absolute atomic E-state index is 0.115. The molecule has 4 heteroatoms. The molecule has 3 unspecified atom stereocenters. The lowest BCUT2D eigenvalue weighted by Gasteiger charge is -2.53. The molecule has 0 saturated heterocycles. The molecule has 2 aromatic rings. The van der Waals surface area contributed by atoms with Crippen molar-refractivity contribution in [2.45, 2.75) is 69.7 Å². The van der Waals surface area contributed by atoms with E-state index in [0.29, 0.717) is 25.4 Å². The highest BCUT2D eigenvalue weighted by Gasteiger charge is 2.54. The predicted octanol–water partition coefficient (Wildman–Crippen LogP) is 3.78. The van der Waals surface area contributed by atoms with E-state index in [-0.39, 0.29) is 5.41 Å². The second-order valence-electron chi connectivity index (χ2n) is 8.44. The Balaban J connectivity index is 1.60. The van der Waals surface area contributed by atoms with Gasteiger partial charge in [-0.3, -0.25) is 4.98 Å². The normalized spacial score (nSPS) is 30.5. The molecule has 4 atom stereocenters. The fraction of sp³-hybridized carbons (Fsp3) is 0.480. The summed E-state index contributed by atoms with van der Waals surface area (Å²) >= 11 is 0. The van der Waals surface area contributed by atoms with Crippen LogP contribution in [0.5, 0.6) is 5.75 Å². The number of benzene rings is 1. The number of aliphatic hydroxyl groups is 2. The topological polar surface area (TPSA) is 62.6 Å². The summed E-state index contributed by atoms with van der Waals surface area (Å²) < 4.78 is 6.00. The summed E-state index contributed by atoms with van der Waals surface area (Å²) in [5.74, 6) is 6.87. The van der Waals surface area contributed by atoms with Crippen LogP contribution < -0.4 is 4.74 Å². The SMILES string of the molecule is CC#CC1(O)C[C@H]2CCc3cc(OCc4cccnc4)ccc3C2(CC)CC1O. The summed E-state index contributed by atoms with van der Waals surface area (Å²) in [6.07, 6.45) is 6.70. The van der Waals surface area contributed by atoms with Gasteiger partial charge >= 0.3 is 0 Å². The first-order chi connectivity index (χ1) is 14.0. The molecule has 4 rings (SSSR count). The molecule has 1 heterocycles. The van der Waals surface area contributed by atoms with Crippen molar-refractivity contribution in [1.82, 2.24) is 4.98 Å². The molecule has 4 nitrogen and oxygen atoms in total. The van der Waals surface area contributed by atoms with Crippen molar-refractivity contribution < 1.29 is 14.9 Å². The van der Waals surface area contributed by atoms with Crippen molar-refractivity contribution in [2.24, 2.45) is 5.92 Å². The number of fused-ring (bicyclic) bond motifs is 3. The number of aliphatic hydroxyl groups excluding tert-OH is 1. The van der Waals surface area contributed by atoms with E-state index in [1.54, 1.807) is 13.1 Å².